The Kier molecular flexibility index (Phi) is 5.04. The molecule has 2 atom stereocenters. The topological polar surface area (TPSA) is 75.9 Å². The van der Waals surface area contributed by atoms with Crippen molar-refractivity contribution >= 4 is 12.0 Å². The SMILES string of the molecule is C[C@H](N)C(=O)N(C1CC1)[C@H]1CCN(C(=O)OCc2ccccc2)C1. The maximum absolute atomic E-state index is 12.4. The van der Waals surface area contributed by atoms with Crippen molar-refractivity contribution in [3.8, 4) is 0 Å². The van der Waals surface area contributed by atoms with E-state index < -0.39 is 6.04 Å². The summed E-state index contributed by atoms with van der Waals surface area (Å²) in [6.07, 6.45) is 2.54. The van der Waals surface area contributed by atoms with Crippen LogP contribution in [-0.4, -0.2) is 53.0 Å². The highest BCUT2D eigenvalue weighted by atomic mass is 16.6. The molecule has 1 saturated heterocycles. The number of hydrogen-bond acceptors (Lipinski definition) is 4. The van der Waals surface area contributed by atoms with Gasteiger partial charge >= 0.3 is 6.09 Å². The highest BCUT2D eigenvalue weighted by molar-refractivity contribution is 5.82. The van der Waals surface area contributed by atoms with E-state index in [1.54, 1.807) is 11.8 Å². The van der Waals surface area contributed by atoms with Gasteiger partial charge in [0.15, 0.2) is 0 Å². The van der Waals surface area contributed by atoms with Gasteiger partial charge in [0.25, 0.3) is 0 Å². The molecule has 0 unspecified atom stereocenters. The summed E-state index contributed by atoms with van der Waals surface area (Å²) in [5.74, 6) is -0.0120. The zero-order valence-electron chi connectivity index (χ0n) is 14.1. The fourth-order valence-electron chi connectivity index (χ4n) is 3.19. The van der Waals surface area contributed by atoms with Crippen LogP contribution in [0.1, 0.15) is 31.7 Å². The van der Waals surface area contributed by atoms with Crippen molar-refractivity contribution in [2.45, 2.75) is 50.9 Å². The first kappa shape index (κ1) is 16.8. The first-order chi connectivity index (χ1) is 11.6. The molecule has 6 nitrogen and oxygen atoms in total. The molecular weight excluding hydrogens is 306 g/mol. The van der Waals surface area contributed by atoms with Crippen LogP contribution in [0.3, 0.4) is 0 Å². The van der Waals surface area contributed by atoms with E-state index in [1.807, 2.05) is 35.2 Å². The predicted octanol–water partition coefficient (Wildman–Crippen LogP) is 1.74. The third-order valence-electron chi connectivity index (χ3n) is 4.60. The number of hydrogen-bond donors (Lipinski definition) is 1. The number of ether oxygens (including phenoxy) is 1. The van der Waals surface area contributed by atoms with Crippen LogP contribution in [-0.2, 0) is 16.1 Å². The Labute approximate surface area is 142 Å². The number of carbonyl (C=O) groups excluding carboxylic acids is 2. The van der Waals surface area contributed by atoms with Gasteiger partial charge in [-0.15, -0.1) is 0 Å². The molecule has 1 saturated carbocycles. The van der Waals surface area contributed by atoms with Gasteiger partial charge in [0.1, 0.15) is 6.61 Å². The van der Waals surface area contributed by atoms with Crippen LogP contribution in [0.15, 0.2) is 30.3 Å². The fourth-order valence-corrected chi connectivity index (χ4v) is 3.19. The number of likely N-dealkylation sites (tertiary alicyclic amines) is 1. The third kappa shape index (κ3) is 3.87. The van der Waals surface area contributed by atoms with Crippen molar-refractivity contribution in [3.05, 3.63) is 35.9 Å². The molecule has 2 aliphatic rings. The standard InChI is InChI=1S/C18H25N3O3/c1-13(19)17(22)21(15-7-8-15)16-9-10-20(11-16)18(23)24-12-14-5-3-2-4-6-14/h2-6,13,15-16H,7-12,19H2,1H3/t13-,16-/m0/s1. The largest absolute Gasteiger partial charge is 0.445 e. The van der Waals surface area contributed by atoms with Gasteiger partial charge in [0.05, 0.1) is 12.1 Å². The van der Waals surface area contributed by atoms with E-state index in [2.05, 4.69) is 0 Å². The third-order valence-corrected chi connectivity index (χ3v) is 4.60. The normalized spacial score (nSPS) is 21.4. The van der Waals surface area contributed by atoms with Crippen LogP contribution in [0.4, 0.5) is 4.79 Å². The number of benzene rings is 1. The van der Waals surface area contributed by atoms with E-state index in [0.29, 0.717) is 19.1 Å². The second kappa shape index (κ2) is 7.21. The predicted molar refractivity (Wildman–Crippen MR) is 90.1 cm³/mol. The van der Waals surface area contributed by atoms with Gasteiger partial charge < -0.3 is 20.3 Å². The van der Waals surface area contributed by atoms with Crippen LogP contribution in [0.2, 0.25) is 0 Å². The molecule has 1 aliphatic carbocycles. The number of amides is 2. The van der Waals surface area contributed by atoms with Gasteiger partial charge in [-0.1, -0.05) is 30.3 Å². The summed E-state index contributed by atoms with van der Waals surface area (Å²) in [6, 6.07) is 9.48. The minimum absolute atomic E-state index is 0.0120. The Morgan fingerprint density at radius 1 is 1.25 bits per heavy atom. The molecule has 2 amide bonds. The molecule has 0 radical (unpaired) electrons. The molecule has 0 aromatic heterocycles. The van der Waals surface area contributed by atoms with Crippen molar-refractivity contribution in [2.75, 3.05) is 13.1 Å². The lowest BCUT2D eigenvalue weighted by molar-refractivity contribution is -0.135. The average Bonchev–Trinajstić information content (AvgIpc) is 3.30. The molecule has 6 heteroatoms. The second-order valence-corrected chi connectivity index (χ2v) is 6.69. The van der Waals surface area contributed by atoms with Gasteiger partial charge in [0, 0.05) is 19.1 Å². The Morgan fingerprint density at radius 3 is 2.58 bits per heavy atom. The van der Waals surface area contributed by atoms with E-state index in [-0.39, 0.29) is 24.6 Å². The molecule has 0 spiro atoms. The smallest absolute Gasteiger partial charge is 0.410 e. The van der Waals surface area contributed by atoms with Crippen molar-refractivity contribution < 1.29 is 14.3 Å². The zero-order chi connectivity index (χ0) is 17.1. The van der Waals surface area contributed by atoms with E-state index in [0.717, 1.165) is 24.8 Å². The van der Waals surface area contributed by atoms with Crippen LogP contribution >= 0.6 is 0 Å². The van der Waals surface area contributed by atoms with Crippen molar-refractivity contribution in [2.24, 2.45) is 5.73 Å². The highest BCUT2D eigenvalue weighted by Crippen LogP contribution is 2.32. The first-order valence-electron chi connectivity index (χ1n) is 8.59. The van der Waals surface area contributed by atoms with E-state index in [1.165, 1.54) is 0 Å². The quantitative estimate of drug-likeness (QED) is 0.891. The Balaban J connectivity index is 1.54. The minimum atomic E-state index is -0.496. The monoisotopic (exact) mass is 331 g/mol. The van der Waals surface area contributed by atoms with Crippen LogP contribution in [0.5, 0.6) is 0 Å². The molecule has 2 fully saturated rings. The average molecular weight is 331 g/mol. The summed E-state index contributed by atoms with van der Waals surface area (Å²) in [4.78, 5) is 28.2. The van der Waals surface area contributed by atoms with Crippen LogP contribution < -0.4 is 5.73 Å². The summed E-state index contributed by atoms with van der Waals surface area (Å²) in [6.45, 7) is 3.14. The maximum atomic E-state index is 12.4. The maximum Gasteiger partial charge on any atom is 0.410 e. The molecule has 1 aromatic carbocycles. The van der Waals surface area contributed by atoms with Gasteiger partial charge in [-0.3, -0.25) is 4.79 Å². The second-order valence-electron chi connectivity index (χ2n) is 6.69. The molecule has 130 valence electrons. The molecule has 2 N–H and O–H groups in total. The Morgan fingerprint density at radius 2 is 1.96 bits per heavy atom. The summed E-state index contributed by atoms with van der Waals surface area (Å²) in [7, 11) is 0. The number of nitrogens with zero attached hydrogens (tertiary/aromatic N) is 2. The summed E-state index contributed by atoms with van der Waals surface area (Å²) < 4.78 is 5.38. The van der Waals surface area contributed by atoms with Gasteiger partial charge in [-0.25, -0.2) is 4.79 Å². The number of carbonyl (C=O) groups is 2. The first-order valence-corrected chi connectivity index (χ1v) is 8.59. The molecular formula is C18H25N3O3. The van der Waals surface area contributed by atoms with E-state index >= 15 is 0 Å². The van der Waals surface area contributed by atoms with Crippen molar-refractivity contribution in [1.29, 1.82) is 0 Å². The van der Waals surface area contributed by atoms with Gasteiger partial charge in [-0.2, -0.15) is 0 Å². The number of nitrogens with two attached hydrogens (primary N) is 1. The van der Waals surface area contributed by atoms with Gasteiger partial charge in [-0.05, 0) is 31.7 Å². The Hall–Kier alpha value is -2.08. The lowest BCUT2D eigenvalue weighted by Gasteiger charge is -2.30. The molecule has 1 aliphatic heterocycles. The highest BCUT2D eigenvalue weighted by Gasteiger charge is 2.41. The molecule has 1 aromatic rings. The zero-order valence-corrected chi connectivity index (χ0v) is 14.1. The minimum Gasteiger partial charge on any atom is -0.445 e. The van der Waals surface area contributed by atoms with Crippen molar-refractivity contribution in [1.82, 2.24) is 9.80 Å². The molecule has 3 rings (SSSR count). The van der Waals surface area contributed by atoms with Crippen molar-refractivity contribution in [3.63, 3.8) is 0 Å². The van der Waals surface area contributed by atoms with Crippen LogP contribution in [0.25, 0.3) is 0 Å². The van der Waals surface area contributed by atoms with E-state index in [9.17, 15) is 9.59 Å². The van der Waals surface area contributed by atoms with E-state index in [4.69, 9.17) is 10.5 Å². The lowest BCUT2D eigenvalue weighted by Crippen LogP contribution is -2.50. The molecule has 24 heavy (non-hydrogen) atoms. The van der Waals surface area contributed by atoms with Crippen LogP contribution in [0, 0.1) is 0 Å². The number of rotatable bonds is 5. The summed E-state index contributed by atoms with van der Waals surface area (Å²) in [5.41, 5.74) is 6.75. The summed E-state index contributed by atoms with van der Waals surface area (Å²) in [5, 5.41) is 0. The fraction of sp³-hybridized carbons (Fsp3) is 0.556. The summed E-state index contributed by atoms with van der Waals surface area (Å²) >= 11 is 0. The molecule has 1 heterocycles. The van der Waals surface area contributed by atoms with Gasteiger partial charge in [0.2, 0.25) is 5.91 Å². The Bertz CT molecular complexity index is 586. The lowest BCUT2D eigenvalue weighted by atomic mass is 10.2. The molecule has 0 bridgehead atoms.